The number of sulfone groups is 1. The van der Waals surface area contributed by atoms with E-state index in [1.54, 1.807) is 28.9 Å². The van der Waals surface area contributed by atoms with Crippen LogP contribution >= 0.6 is 11.8 Å². The SMILES string of the molecule is CS(=O)(=O)C1CSCCN1c1ccnc(NN)n1. The Hall–Kier alpha value is -1.06. The molecule has 3 N–H and O–H groups in total. The van der Waals surface area contributed by atoms with Crippen molar-refractivity contribution in [2.24, 2.45) is 5.84 Å². The van der Waals surface area contributed by atoms with E-state index in [4.69, 9.17) is 5.84 Å². The molecule has 0 aliphatic carbocycles. The van der Waals surface area contributed by atoms with Crippen LogP contribution in [0.3, 0.4) is 0 Å². The fourth-order valence-electron chi connectivity index (χ4n) is 1.78. The number of nitrogens with two attached hydrogens (primary N) is 1. The van der Waals surface area contributed by atoms with E-state index >= 15 is 0 Å². The topological polar surface area (TPSA) is 101 Å². The summed E-state index contributed by atoms with van der Waals surface area (Å²) in [6.07, 6.45) is 2.80. The van der Waals surface area contributed by atoms with Gasteiger partial charge in [-0.3, -0.25) is 5.43 Å². The van der Waals surface area contributed by atoms with Crippen LogP contribution in [0.15, 0.2) is 12.3 Å². The number of nitrogens with zero attached hydrogens (tertiary/aromatic N) is 3. The highest BCUT2D eigenvalue weighted by atomic mass is 32.2. The number of hydrogen-bond donors (Lipinski definition) is 2. The summed E-state index contributed by atoms with van der Waals surface area (Å²) in [6.45, 7) is 0.642. The molecule has 9 heteroatoms. The monoisotopic (exact) mass is 289 g/mol. The minimum absolute atomic E-state index is 0.276. The van der Waals surface area contributed by atoms with E-state index in [2.05, 4.69) is 15.4 Å². The van der Waals surface area contributed by atoms with Gasteiger partial charge in [0.15, 0.2) is 9.84 Å². The van der Waals surface area contributed by atoms with Crippen LogP contribution in [0.5, 0.6) is 0 Å². The van der Waals surface area contributed by atoms with Gasteiger partial charge in [-0.1, -0.05) is 0 Å². The van der Waals surface area contributed by atoms with Gasteiger partial charge in [0.05, 0.1) is 0 Å². The van der Waals surface area contributed by atoms with Gasteiger partial charge >= 0.3 is 0 Å². The summed E-state index contributed by atoms with van der Waals surface area (Å²) in [5.41, 5.74) is 2.36. The van der Waals surface area contributed by atoms with E-state index in [0.29, 0.717) is 18.1 Å². The highest BCUT2D eigenvalue weighted by molar-refractivity contribution is 8.01. The molecule has 2 rings (SSSR count). The highest BCUT2D eigenvalue weighted by Crippen LogP contribution is 2.25. The van der Waals surface area contributed by atoms with Crippen molar-refractivity contribution in [2.45, 2.75) is 5.37 Å². The van der Waals surface area contributed by atoms with Gasteiger partial charge in [-0.25, -0.2) is 19.2 Å². The first kappa shape index (κ1) is 13.4. The van der Waals surface area contributed by atoms with Crippen LogP contribution in [0.2, 0.25) is 0 Å². The second kappa shape index (κ2) is 5.29. The Balaban J connectivity index is 2.33. The van der Waals surface area contributed by atoms with E-state index in [1.807, 2.05) is 0 Å². The molecule has 1 unspecified atom stereocenters. The Morgan fingerprint density at radius 2 is 2.39 bits per heavy atom. The van der Waals surface area contributed by atoms with Crippen LogP contribution < -0.4 is 16.2 Å². The third-order valence-electron chi connectivity index (χ3n) is 2.64. The maximum Gasteiger partial charge on any atom is 0.239 e. The minimum atomic E-state index is -3.15. The van der Waals surface area contributed by atoms with Gasteiger partial charge in [-0.05, 0) is 6.07 Å². The molecule has 0 aromatic carbocycles. The first-order valence-electron chi connectivity index (χ1n) is 5.35. The van der Waals surface area contributed by atoms with Crippen molar-refractivity contribution in [1.29, 1.82) is 0 Å². The van der Waals surface area contributed by atoms with E-state index in [-0.39, 0.29) is 5.95 Å². The molecular formula is C9H15N5O2S2. The maximum atomic E-state index is 11.8. The molecule has 1 aliphatic heterocycles. The Kier molecular flexibility index (Phi) is 3.93. The molecule has 100 valence electrons. The number of nitrogens with one attached hydrogen (secondary N) is 1. The second-order valence-electron chi connectivity index (χ2n) is 3.94. The largest absolute Gasteiger partial charge is 0.338 e. The number of thioether (sulfide) groups is 1. The van der Waals surface area contributed by atoms with Gasteiger partial charge in [0.1, 0.15) is 11.2 Å². The average Bonchev–Trinajstić information content (AvgIpc) is 2.38. The number of aromatic nitrogens is 2. The first-order valence-corrected chi connectivity index (χ1v) is 8.46. The maximum absolute atomic E-state index is 11.8. The summed E-state index contributed by atoms with van der Waals surface area (Å²) in [6, 6.07) is 1.69. The molecule has 1 aromatic heterocycles. The van der Waals surface area contributed by atoms with Crippen LogP contribution in [0.1, 0.15) is 0 Å². The molecule has 0 spiro atoms. The molecular weight excluding hydrogens is 274 g/mol. The summed E-state index contributed by atoms with van der Waals surface area (Å²) in [5.74, 6) is 7.53. The van der Waals surface area contributed by atoms with E-state index in [1.165, 1.54) is 6.26 Å². The zero-order valence-electron chi connectivity index (χ0n) is 9.91. The molecule has 0 amide bonds. The van der Waals surface area contributed by atoms with Crippen molar-refractivity contribution in [3.05, 3.63) is 12.3 Å². The first-order chi connectivity index (χ1) is 8.52. The van der Waals surface area contributed by atoms with Gasteiger partial charge < -0.3 is 4.90 Å². The van der Waals surface area contributed by atoms with Gasteiger partial charge in [-0.2, -0.15) is 16.7 Å². The predicted molar refractivity (Wildman–Crippen MR) is 73.1 cm³/mol. The van der Waals surface area contributed by atoms with Crippen molar-refractivity contribution >= 4 is 33.4 Å². The number of nitrogen functional groups attached to an aromatic ring is 1. The molecule has 1 saturated heterocycles. The van der Waals surface area contributed by atoms with E-state index < -0.39 is 15.2 Å². The molecule has 1 fully saturated rings. The lowest BCUT2D eigenvalue weighted by Crippen LogP contribution is -2.47. The fourth-order valence-corrected chi connectivity index (χ4v) is 4.60. The Labute approximate surface area is 110 Å². The van der Waals surface area contributed by atoms with E-state index in [0.717, 1.165) is 5.75 Å². The third kappa shape index (κ3) is 2.85. The molecule has 0 saturated carbocycles. The number of rotatable bonds is 3. The number of hydrogen-bond acceptors (Lipinski definition) is 8. The third-order valence-corrected chi connectivity index (χ3v) is 5.29. The van der Waals surface area contributed by atoms with Crippen molar-refractivity contribution in [1.82, 2.24) is 9.97 Å². The average molecular weight is 289 g/mol. The van der Waals surface area contributed by atoms with Crippen LogP contribution in [-0.4, -0.2) is 48.1 Å². The van der Waals surface area contributed by atoms with Crippen molar-refractivity contribution in [3.8, 4) is 0 Å². The van der Waals surface area contributed by atoms with Crippen LogP contribution in [-0.2, 0) is 9.84 Å². The molecule has 1 aromatic rings. The molecule has 1 aliphatic rings. The fraction of sp³-hybridized carbons (Fsp3) is 0.556. The summed E-state index contributed by atoms with van der Waals surface area (Å²) in [7, 11) is -3.15. The lowest BCUT2D eigenvalue weighted by molar-refractivity contribution is 0.583. The summed E-state index contributed by atoms with van der Waals surface area (Å²) >= 11 is 1.63. The Morgan fingerprint density at radius 1 is 1.61 bits per heavy atom. The zero-order chi connectivity index (χ0) is 13.2. The molecule has 0 bridgehead atoms. The van der Waals surface area contributed by atoms with Gasteiger partial charge in [0, 0.05) is 30.5 Å². The van der Waals surface area contributed by atoms with Crippen molar-refractivity contribution < 1.29 is 8.42 Å². The van der Waals surface area contributed by atoms with E-state index in [9.17, 15) is 8.42 Å². The summed E-state index contributed by atoms with van der Waals surface area (Å²) in [5, 5.41) is -0.545. The quantitative estimate of drug-likeness (QED) is 0.577. The smallest absolute Gasteiger partial charge is 0.239 e. The number of hydrazine groups is 1. The summed E-state index contributed by atoms with van der Waals surface area (Å²) in [4.78, 5) is 9.88. The number of anilines is 2. The lowest BCUT2D eigenvalue weighted by Gasteiger charge is -2.34. The molecule has 0 radical (unpaired) electrons. The summed E-state index contributed by atoms with van der Waals surface area (Å²) < 4.78 is 23.6. The van der Waals surface area contributed by atoms with Gasteiger partial charge in [0.25, 0.3) is 0 Å². The minimum Gasteiger partial charge on any atom is -0.338 e. The van der Waals surface area contributed by atoms with Gasteiger partial charge in [-0.15, -0.1) is 0 Å². The molecule has 2 heterocycles. The second-order valence-corrected chi connectivity index (χ2v) is 7.29. The van der Waals surface area contributed by atoms with Crippen LogP contribution in [0.4, 0.5) is 11.8 Å². The molecule has 18 heavy (non-hydrogen) atoms. The standard InChI is InChI=1S/C9H15N5O2S2/c1-18(15,16)8-6-17-5-4-14(8)7-2-3-11-9(12-7)13-10/h2-3,8H,4-6,10H2,1H3,(H,11,12,13). The lowest BCUT2D eigenvalue weighted by atomic mass is 10.4. The van der Waals surface area contributed by atoms with Gasteiger partial charge in [0.2, 0.25) is 5.95 Å². The molecule has 1 atom stereocenters. The Morgan fingerprint density at radius 3 is 3.06 bits per heavy atom. The van der Waals surface area contributed by atoms with Crippen molar-refractivity contribution in [3.63, 3.8) is 0 Å². The van der Waals surface area contributed by atoms with Crippen molar-refractivity contribution in [2.75, 3.05) is 34.6 Å². The zero-order valence-corrected chi connectivity index (χ0v) is 11.5. The molecule has 7 nitrogen and oxygen atoms in total. The van der Waals surface area contributed by atoms with Crippen LogP contribution in [0.25, 0.3) is 0 Å². The normalized spacial score (nSPS) is 20.8. The van der Waals surface area contributed by atoms with Crippen LogP contribution in [0, 0.1) is 0 Å². The predicted octanol–water partition coefficient (Wildman–Crippen LogP) is -0.314. The highest BCUT2D eigenvalue weighted by Gasteiger charge is 2.31. The Bertz CT molecular complexity index is 521.